The number of aliphatic hydroxyl groups is 1. The number of rotatable bonds is 4. The van der Waals surface area contributed by atoms with Gasteiger partial charge in [-0.05, 0) is 43.5 Å². The molecule has 2 aliphatic rings. The van der Waals surface area contributed by atoms with Gasteiger partial charge in [-0.15, -0.1) is 0 Å². The third-order valence-corrected chi connectivity index (χ3v) is 6.04. The molecule has 4 nitrogen and oxygen atoms in total. The second kappa shape index (κ2) is 7.48. The van der Waals surface area contributed by atoms with Crippen molar-refractivity contribution in [2.45, 2.75) is 44.2 Å². The van der Waals surface area contributed by atoms with Gasteiger partial charge in [0.1, 0.15) is 0 Å². The summed E-state index contributed by atoms with van der Waals surface area (Å²) in [5, 5.41) is 11.4. The summed E-state index contributed by atoms with van der Waals surface area (Å²) < 4.78 is 0. The molecule has 1 saturated heterocycles. The van der Waals surface area contributed by atoms with Crippen molar-refractivity contribution in [3.05, 3.63) is 35.5 Å². The first kappa shape index (κ1) is 17.1. The van der Waals surface area contributed by atoms with E-state index in [0.29, 0.717) is 12.1 Å². The van der Waals surface area contributed by atoms with Crippen LogP contribution in [0.5, 0.6) is 0 Å². The second-order valence-corrected chi connectivity index (χ2v) is 7.72. The van der Waals surface area contributed by atoms with Gasteiger partial charge in [0, 0.05) is 60.6 Å². The lowest BCUT2D eigenvalue weighted by Crippen LogP contribution is -2.56. The van der Waals surface area contributed by atoms with Gasteiger partial charge in [0.05, 0.1) is 5.52 Å². The Morgan fingerprint density at radius 3 is 2.80 bits per heavy atom. The molecule has 0 amide bonds. The summed E-state index contributed by atoms with van der Waals surface area (Å²) in [4.78, 5) is 9.59. The summed E-state index contributed by atoms with van der Waals surface area (Å²) >= 11 is 6.23. The fraction of sp³-hybridized carbons (Fsp3) is 0.550. The SMILES string of the molecule is OCCC1CN(c2ccnc3ccc(Cl)cc23)CCN1C1CCCC1. The van der Waals surface area contributed by atoms with Crippen LogP contribution >= 0.6 is 11.6 Å². The number of aliphatic hydroxyl groups excluding tert-OH is 1. The van der Waals surface area contributed by atoms with E-state index in [9.17, 15) is 5.11 Å². The lowest BCUT2D eigenvalue weighted by Gasteiger charge is -2.45. The number of hydrogen-bond acceptors (Lipinski definition) is 4. The van der Waals surface area contributed by atoms with E-state index >= 15 is 0 Å². The van der Waals surface area contributed by atoms with Gasteiger partial charge < -0.3 is 10.0 Å². The van der Waals surface area contributed by atoms with E-state index in [0.717, 1.165) is 42.0 Å². The highest BCUT2D eigenvalue weighted by atomic mass is 35.5. The summed E-state index contributed by atoms with van der Waals surface area (Å²) in [5.41, 5.74) is 2.19. The van der Waals surface area contributed by atoms with Crippen molar-refractivity contribution >= 4 is 28.2 Å². The van der Waals surface area contributed by atoms with E-state index in [-0.39, 0.29) is 6.61 Å². The van der Waals surface area contributed by atoms with Crippen molar-refractivity contribution in [1.29, 1.82) is 0 Å². The van der Waals surface area contributed by atoms with Crippen LogP contribution in [0.15, 0.2) is 30.5 Å². The molecule has 1 unspecified atom stereocenters. The van der Waals surface area contributed by atoms with Crippen molar-refractivity contribution in [3.63, 3.8) is 0 Å². The van der Waals surface area contributed by atoms with Crippen LogP contribution < -0.4 is 4.90 Å². The Morgan fingerprint density at radius 1 is 1.16 bits per heavy atom. The Balaban J connectivity index is 1.60. The summed E-state index contributed by atoms with van der Waals surface area (Å²) in [6.45, 7) is 3.30. The van der Waals surface area contributed by atoms with Crippen molar-refractivity contribution in [2.75, 3.05) is 31.1 Å². The molecule has 134 valence electrons. The van der Waals surface area contributed by atoms with Crippen LogP contribution in [0.1, 0.15) is 32.1 Å². The van der Waals surface area contributed by atoms with Crippen molar-refractivity contribution in [1.82, 2.24) is 9.88 Å². The number of hydrogen-bond donors (Lipinski definition) is 1. The molecule has 1 aliphatic carbocycles. The van der Waals surface area contributed by atoms with Gasteiger partial charge in [-0.2, -0.15) is 0 Å². The average Bonchev–Trinajstić information content (AvgIpc) is 3.16. The zero-order valence-electron chi connectivity index (χ0n) is 14.6. The first-order valence-electron chi connectivity index (χ1n) is 9.42. The molecule has 1 aromatic heterocycles. The Kier molecular flexibility index (Phi) is 5.11. The molecule has 1 saturated carbocycles. The molecule has 1 aromatic carbocycles. The van der Waals surface area contributed by atoms with Gasteiger partial charge in [-0.25, -0.2) is 0 Å². The smallest absolute Gasteiger partial charge is 0.0723 e. The monoisotopic (exact) mass is 359 g/mol. The van der Waals surface area contributed by atoms with E-state index < -0.39 is 0 Å². The highest BCUT2D eigenvalue weighted by Gasteiger charge is 2.33. The minimum atomic E-state index is 0.255. The molecule has 0 spiro atoms. The third-order valence-electron chi connectivity index (χ3n) is 5.81. The lowest BCUT2D eigenvalue weighted by molar-refractivity contribution is 0.0985. The number of pyridine rings is 1. The van der Waals surface area contributed by atoms with Gasteiger partial charge in [0.2, 0.25) is 0 Å². The summed E-state index contributed by atoms with van der Waals surface area (Å²) in [5.74, 6) is 0. The molecule has 2 heterocycles. The Bertz CT molecular complexity index is 732. The van der Waals surface area contributed by atoms with Crippen molar-refractivity contribution in [3.8, 4) is 0 Å². The molecule has 5 heteroatoms. The highest BCUT2D eigenvalue weighted by molar-refractivity contribution is 6.31. The Morgan fingerprint density at radius 2 is 2.00 bits per heavy atom. The fourth-order valence-corrected chi connectivity index (χ4v) is 4.76. The van der Waals surface area contributed by atoms with Crippen LogP contribution in [0.3, 0.4) is 0 Å². The zero-order valence-corrected chi connectivity index (χ0v) is 15.3. The second-order valence-electron chi connectivity index (χ2n) is 7.28. The number of fused-ring (bicyclic) bond motifs is 1. The third kappa shape index (κ3) is 3.48. The zero-order chi connectivity index (χ0) is 17.2. The number of anilines is 1. The average molecular weight is 360 g/mol. The minimum absolute atomic E-state index is 0.255. The molecule has 1 N–H and O–H groups in total. The topological polar surface area (TPSA) is 39.6 Å². The first-order valence-corrected chi connectivity index (χ1v) is 9.80. The van der Waals surface area contributed by atoms with Gasteiger partial charge in [0.15, 0.2) is 0 Å². The van der Waals surface area contributed by atoms with E-state index in [1.54, 1.807) is 0 Å². The van der Waals surface area contributed by atoms with Crippen molar-refractivity contribution in [2.24, 2.45) is 0 Å². The largest absolute Gasteiger partial charge is 0.396 e. The van der Waals surface area contributed by atoms with Crippen LogP contribution in [-0.2, 0) is 0 Å². The number of benzene rings is 1. The standard InChI is InChI=1S/C20H26ClN3O/c21-15-5-6-19-18(13-15)20(7-9-22-19)23-10-11-24(16-3-1-2-4-16)17(14-23)8-12-25/h5-7,9,13,16-17,25H,1-4,8,10-12,14H2. The van der Waals surface area contributed by atoms with Crippen LogP contribution in [-0.4, -0.2) is 53.3 Å². The van der Waals surface area contributed by atoms with Gasteiger partial charge >= 0.3 is 0 Å². The molecule has 0 radical (unpaired) electrons. The van der Waals surface area contributed by atoms with Gasteiger partial charge in [-0.3, -0.25) is 9.88 Å². The number of piperazine rings is 1. The number of halogens is 1. The first-order chi connectivity index (χ1) is 12.3. The van der Waals surface area contributed by atoms with E-state index in [2.05, 4.69) is 20.9 Å². The summed E-state index contributed by atoms with van der Waals surface area (Å²) in [7, 11) is 0. The van der Waals surface area contributed by atoms with E-state index in [1.807, 2.05) is 24.4 Å². The molecule has 2 fully saturated rings. The maximum atomic E-state index is 9.57. The van der Waals surface area contributed by atoms with Crippen LogP contribution in [0.25, 0.3) is 10.9 Å². The van der Waals surface area contributed by atoms with Gasteiger partial charge in [0.25, 0.3) is 0 Å². The van der Waals surface area contributed by atoms with E-state index in [4.69, 9.17) is 11.6 Å². The van der Waals surface area contributed by atoms with Crippen LogP contribution in [0, 0.1) is 0 Å². The molecule has 25 heavy (non-hydrogen) atoms. The normalized spacial score (nSPS) is 22.8. The molecule has 4 rings (SSSR count). The maximum Gasteiger partial charge on any atom is 0.0723 e. The van der Waals surface area contributed by atoms with E-state index in [1.165, 1.54) is 31.4 Å². The fourth-order valence-electron chi connectivity index (χ4n) is 4.59. The molecule has 0 bridgehead atoms. The lowest BCUT2D eigenvalue weighted by atomic mass is 10.0. The number of nitrogens with zero attached hydrogens (tertiary/aromatic N) is 3. The maximum absolute atomic E-state index is 9.57. The Labute approximate surface area is 154 Å². The van der Waals surface area contributed by atoms with Crippen LogP contribution in [0.4, 0.5) is 5.69 Å². The predicted octanol–water partition coefficient (Wildman–Crippen LogP) is 3.70. The van der Waals surface area contributed by atoms with Crippen LogP contribution in [0.2, 0.25) is 5.02 Å². The van der Waals surface area contributed by atoms with Crippen molar-refractivity contribution < 1.29 is 5.11 Å². The molecular formula is C20H26ClN3O. The Hall–Kier alpha value is -1.36. The van der Waals surface area contributed by atoms with Gasteiger partial charge in [-0.1, -0.05) is 24.4 Å². The highest BCUT2D eigenvalue weighted by Crippen LogP contribution is 2.32. The minimum Gasteiger partial charge on any atom is -0.396 e. The summed E-state index contributed by atoms with van der Waals surface area (Å²) in [6.07, 6.45) is 8.06. The number of aromatic nitrogens is 1. The summed E-state index contributed by atoms with van der Waals surface area (Å²) in [6, 6.07) is 9.13. The molecular weight excluding hydrogens is 334 g/mol. The molecule has 1 aliphatic heterocycles. The predicted molar refractivity (Wildman–Crippen MR) is 103 cm³/mol. The molecule has 2 aromatic rings. The quantitative estimate of drug-likeness (QED) is 0.903. The molecule has 1 atom stereocenters.